The lowest BCUT2D eigenvalue weighted by Crippen LogP contribution is -2.62. The van der Waals surface area contributed by atoms with Crippen molar-refractivity contribution >= 4 is 5.91 Å². The maximum atomic E-state index is 13.7. The number of carbonyl (C=O) groups is 1. The van der Waals surface area contributed by atoms with Crippen molar-refractivity contribution in [2.75, 3.05) is 6.54 Å². The molecule has 4 N–H and O–H groups in total. The van der Waals surface area contributed by atoms with Crippen LogP contribution in [-0.4, -0.2) is 28.3 Å². The van der Waals surface area contributed by atoms with Crippen LogP contribution in [0.4, 0.5) is 4.39 Å². The van der Waals surface area contributed by atoms with E-state index >= 15 is 0 Å². The van der Waals surface area contributed by atoms with Crippen molar-refractivity contribution in [3.63, 3.8) is 0 Å². The Kier molecular flexibility index (Phi) is 4.50. The summed E-state index contributed by atoms with van der Waals surface area (Å²) >= 11 is 0. The number of nitrogens with one attached hydrogen (secondary N) is 2. The van der Waals surface area contributed by atoms with Crippen LogP contribution in [0.2, 0.25) is 0 Å². The number of hydrogen-bond acceptors (Lipinski definition) is 4. The fourth-order valence-corrected chi connectivity index (χ4v) is 4.60. The SMILES string of the molecule is Cn1ncc(C2CCC3C(=O)NNC(CN)C3C2)c1-c1cccc(F)c1. The summed E-state index contributed by atoms with van der Waals surface area (Å²) in [6.45, 7) is 0.484. The number of rotatable bonds is 3. The van der Waals surface area contributed by atoms with E-state index in [4.69, 9.17) is 5.73 Å². The van der Waals surface area contributed by atoms with Crippen LogP contribution in [-0.2, 0) is 11.8 Å². The molecule has 1 saturated heterocycles. The third-order valence-corrected chi connectivity index (χ3v) is 5.89. The molecular formula is C19H24FN5O. The van der Waals surface area contributed by atoms with Crippen molar-refractivity contribution < 1.29 is 9.18 Å². The van der Waals surface area contributed by atoms with Crippen molar-refractivity contribution in [2.45, 2.75) is 31.2 Å². The first-order valence-electron chi connectivity index (χ1n) is 9.11. The maximum Gasteiger partial charge on any atom is 0.237 e. The molecule has 4 atom stereocenters. The van der Waals surface area contributed by atoms with E-state index < -0.39 is 0 Å². The molecule has 26 heavy (non-hydrogen) atoms. The van der Waals surface area contributed by atoms with Gasteiger partial charge in [0.2, 0.25) is 5.91 Å². The van der Waals surface area contributed by atoms with Crippen molar-refractivity contribution in [1.82, 2.24) is 20.6 Å². The van der Waals surface area contributed by atoms with Crippen LogP contribution in [0.15, 0.2) is 30.5 Å². The van der Waals surface area contributed by atoms with Crippen molar-refractivity contribution in [1.29, 1.82) is 0 Å². The molecule has 1 aromatic carbocycles. The van der Waals surface area contributed by atoms with E-state index in [1.54, 1.807) is 12.1 Å². The molecule has 1 saturated carbocycles. The second-order valence-electron chi connectivity index (χ2n) is 7.34. The van der Waals surface area contributed by atoms with Gasteiger partial charge in [-0.25, -0.2) is 9.82 Å². The van der Waals surface area contributed by atoms with Gasteiger partial charge in [-0.1, -0.05) is 12.1 Å². The quantitative estimate of drug-likeness (QED) is 0.780. The minimum Gasteiger partial charge on any atom is -0.329 e. The molecule has 138 valence electrons. The van der Waals surface area contributed by atoms with Crippen LogP contribution in [0, 0.1) is 17.7 Å². The topological polar surface area (TPSA) is 85.0 Å². The molecule has 6 nitrogen and oxygen atoms in total. The first-order valence-corrected chi connectivity index (χ1v) is 9.11. The molecule has 7 heteroatoms. The largest absolute Gasteiger partial charge is 0.329 e. The Bertz CT molecular complexity index is 820. The van der Waals surface area contributed by atoms with Crippen LogP contribution in [0.1, 0.15) is 30.7 Å². The summed E-state index contributed by atoms with van der Waals surface area (Å²) in [4.78, 5) is 12.2. The second-order valence-corrected chi connectivity index (χ2v) is 7.34. The number of hydrazine groups is 1. The van der Waals surface area contributed by atoms with E-state index in [0.717, 1.165) is 36.1 Å². The smallest absolute Gasteiger partial charge is 0.237 e. The number of aryl methyl sites for hydroxylation is 1. The lowest BCUT2D eigenvalue weighted by molar-refractivity contribution is -0.133. The second kappa shape index (κ2) is 6.81. The lowest BCUT2D eigenvalue weighted by Gasteiger charge is -2.43. The molecule has 4 rings (SSSR count). The molecule has 2 aliphatic rings. The summed E-state index contributed by atoms with van der Waals surface area (Å²) in [6.07, 6.45) is 4.51. The number of aromatic nitrogens is 2. The third-order valence-electron chi connectivity index (χ3n) is 5.89. The normalized spacial score (nSPS) is 28.5. The number of fused-ring (bicyclic) bond motifs is 1. The van der Waals surface area contributed by atoms with E-state index in [-0.39, 0.29) is 35.5 Å². The summed E-state index contributed by atoms with van der Waals surface area (Å²) in [5.41, 5.74) is 14.6. The lowest BCUT2D eigenvalue weighted by atomic mass is 9.68. The van der Waals surface area contributed by atoms with Gasteiger partial charge < -0.3 is 5.73 Å². The molecule has 4 unspecified atom stereocenters. The molecular weight excluding hydrogens is 333 g/mol. The highest BCUT2D eigenvalue weighted by atomic mass is 19.1. The monoisotopic (exact) mass is 357 g/mol. The number of hydrogen-bond donors (Lipinski definition) is 3. The minimum absolute atomic E-state index is 0.00958. The van der Waals surface area contributed by atoms with Gasteiger partial charge in [0.05, 0.1) is 11.9 Å². The van der Waals surface area contributed by atoms with E-state index in [0.29, 0.717) is 6.54 Å². The predicted molar refractivity (Wildman–Crippen MR) is 96.3 cm³/mol. The highest BCUT2D eigenvalue weighted by Crippen LogP contribution is 2.44. The zero-order valence-electron chi connectivity index (χ0n) is 14.8. The Labute approximate surface area is 151 Å². The molecule has 2 heterocycles. The molecule has 2 fully saturated rings. The van der Waals surface area contributed by atoms with Gasteiger partial charge >= 0.3 is 0 Å². The van der Waals surface area contributed by atoms with Crippen molar-refractivity contribution in [2.24, 2.45) is 24.6 Å². The highest BCUT2D eigenvalue weighted by Gasteiger charge is 2.43. The number of benzene rings is 1. The maximum absolute atomic E-state index is 13.7. The molecule has 1 aliphatic heterocycles. The molecule has 0 spiro atoms. The zero-order valence-corrected chi connectivity index (χ0v) is 14.8. The van der Waals surface area contributed by atoms with Crippen LogP contribution >= 0.6 is 0 Å². The molecule has 1 aromatic heterocycles. The average Bonchev–Trinajstić information content (AvgIpc) is 3.03. The average molecular weight is 357 g/mol. The Morgan fingerprint density at radius 1 is 1.38 bits per heavy atom. The van der Waals surface area contributed by atoms with Crippen LogP contribution in [0.25, 0.3) is 11.3 Å². The minimum atomic E-state index is -0.255. The van der Waals surface area contributed by atoms with E-state index in [9.17, 15) is 9.18 Å². The van der Waals surface area contributed by atoms with Gasteiger partial charge in [-0.05, 0) is 43.2 Å². The van der Waals surface area contributed by atoms with Gasteiger partial charge in [-0.3, -0.25) is 14.9 Å². The van der Waals surface area contributed by atoms with Gasteiger partial charge in [-0.15, -0.1) is 0 Å². The van der Waals surface area contributed by atoms with Gasteiger partial charge in [-0.2, -0.15) is 5.10 Å². The Hall–Kier alpha value is -2.25. The molecule has 1 aliphatic carbocycles. The van der Waals surface area contributed by atoms with E-state index in [1.165, 1.54) is 6.07 Å². The summed E-state index contributed by atoms with van der Waals surface area (Å²) in [5, 5.41) is 4.43. The number of carbonyl (C=O) groups excluding carboxylic acids is 1. The van der Waals surface area contributed by atoms with Gasteiger partial charge in [0.15, 0.2) is 0 Å². The molecule has 2 aromatic rings. The number of nitrogens with two attached hydrogens (primary N) is 1. The summed E-state index contributed by atoms with van der Waals surface area (Å²) in [6, 6.07) is 6.70. The summed E-state index contributed by atoms with van der Waals surface area (Å²) in [5.74, 6) is 0.303. The van der Waals surface area contributed by atoms with Crippen LogP contribution in [0.3, 0.4) is 0 Å². The molecule has 1 amide bonds. The van der Waals surface area contributed by atoms with Crippen molar-refractivity contribution in [3.8, 4) is 11.3 Å². The number of nitrogens with zero attached hydrogens (tertiary/aromatic N) is 2. The molecule has 0 radical (unpaired) electrons. The van der Waals surface area contributed by atoms with Gasteiger partial charge in [0, 0.05) is 36.7 Å². The van der Waals surface area contributed by atoms with Crippen LogP contribution < -0.4 is 16.6 Å². The first kappa shape index (κ1) is 17.2. The number of amides is 1. The Morgan fingerprint density at radius 3 is 3.00 bits per heavy atom. The van der Waals surface area contributed by atoms with E-state index in [2.05, 4.69) is 16.0 Å². The fraction of sp³-hybridized carbons (Fsp3) is 0.474. The Morgan fingerprint density at radius 2 is 2.23 bits per heavy atom. The number of halogens is 1. The summed E-state index contributed by atoms with van der Waals surface area (Å²) in [7, 11) is 1.88. The summed E-state index contributed by atoms with van der Waals surface area (Å²) < 4.78 is 15.5. The predicted octanol–water partition coefficient (Wildman–Crippen LogP) is 1.69. The standard InChI is InChI=1S/C19H24FN5O/c1-25-18(12-3-2-4-13(20)7-12)16(10-22-25)11-5-6-14-15(8-11)17(9-21)23-24-19(14)26/h2-4,7,10-11,14-15,17,23H,5-6,8-9,21H2,1H3,(H,24,26). The van der Waals surface area contributed by atoms with Crippen molar-refractivity contribution in [3.05, 3.63) is 41.8 Å². The molecule has 0 bridgehead atoms. The zero-order chi connectivity index (χ0) is 18.3. The third kappa shape index (κ3) is 2.91. The highest BCUT2D eigenvalue weighted by molar-refractivity contribution is 5.79. The fourth-order valence-electron chi connectivity index (χ4n) is 4.60. The van der Waals surface area contributed by atoms with E-state index in [1.807, 2.05) is 24.0 Å². The first-order chi connectivity index (χ1) is 12.6. The Balaban J connectivity index is 1.66. The van der Waals surface area contributed by atoms with Gasteiger partial charge in [0.25, 0.3) is 0 Å². The van der Waals surface area contributed by atoms with Crippen LogP contribution in [0.5, 0.6) is 0 Å². The van der Waals surface area contributed by atoms with Gasteiger partial charge in [0.1, 0.15) is 5.82 Å².